The Bertz CT molecular complexity index is 1950. The fraction of sp³-hybridized carbons (Fsp3) is 0. The molecular weight excluding hydrogens is 561 g/mol. The maximum absolute atomic E-state index is 12.9. The Morgan fingerprint density at radius 2 is 0.905 bits per heavy atom. The number of nitrogens with one attached hydrogen (secondary N) is 2. The van der Waals surface area contributed by atoms with Gasteiger partial charge in [0.25, 0.3) is 11.8 Å². The van der Waals surface area contributed by atoms with Gasteiger partial charge < -0.3 is 0 Å². The van der Waals surface area contributed by atoms with Crippen LogP contribution in [0.5, 0.6) is 0 Å². The van der Waals surface area contributed by atoms with Gasteiger partial charge >= 0.3 is 0 Å². The van der Waals surface area contributed by atoms with Crippen molar-refractivity contribution in [3.8, 4) is 22.5 Å². The minimum atomic E-state index is -0.290. The molecule has 6 nitrogen and oxygen atoms in total. The van der Waals surface area contributed by atoms with Crippen LogP contribution in [0.4, 0.5) is 10.3 Å². The molecule has 0 saturated carbocycles. The van der Waals surface area contributed by atoms with E-state index in [4.69, 9.17) is 0 Å². The van der Waals surface area contributed by atoms with Gasteiger partial charge in [-0.3, -0.25) is 20.2 Å². The van der Waals surface area contributed by atoms with Crippen LogP contribution < -0.4 is 10.6 Å². The summed E-state index contributed by atoms with van der Waals surface area (Å²) in [7, 11) is 0. The minimum absolute atomic E-state index is 0.290. The summed E-state index contributed by atoms with van der Waals surface area (Å²) in [5, 5.41) is 15.2. The summed E-state index contributed by atoms with van der Waals surface area (Å²) in [5.41, 5.74) is 4.46. The van der Waals surface area contributed by atoms with Crippen molar-refractivity contribution in [2.45, 2.75) is 0 Å². The number of amides is 2. The molecule has 0 aliphatic rings. The van der Waals surface area contributed by atoms with E-state index < -0.39 is 0 Å². The van der Waals surface area contributed by atoms with E-state index in [-0.39, 0.29) is 11.8 Å². The van der Waals surface area contributed by atoms with Crippen molar-refractivity contribution in [3.05, 3.63) is 131 Å². The molecule has 2 heterocycles. The topological polar surface area (TPSA) is 84.0 Å². The van der Waals surface area contributed by atoms with Gasteiger partial charge in [0, 0.05) is 33.0 Å². The number of benzene rings is 5. The number of thiazole rings is 2. The quantitative estimate of drug-likeness (QED) is 0.205. The van der Waals surface area contributed by atoms with E-state index >= 15 is 0 Å². The van der Waals surface area contributed by atoms with Crippen molar-refractivity contribution in [1.82, 2.24) is 9.97 Å². The molecule has 0 aliphatic carbocycles. The highest BCUT2D eigenvalue weighted by Gasteiger charge is 2.14. The van der Waals surface area contributed by atoms with E-state index in [0.717, 1.165) is 33.3 Å². The number of nitrogens with zero attached hydrogens (tertiary/aromatic N) is 2. The summed E-state index contributed by atoms with van der Waals surface area (Å²) in [6.07, 6.45) is 0. The van der Waals surface area contributed by atoms with Gasteiger partial charge in [-0.25, -0.2) is 9.97 Å². The second-order valence-electron chi connectivity index (χ2n) is 9.69. The van der Waals surface area contributed by atoms with Crippen LogP contribution in [0, 0.1) is 0 Å². The maximum atomic E-state index is 12.9. The SMILES string of the molecule is O=C(Nc1nc(-c2ccc3ccccc3c2)cs1)c1ccc(C(=O)Nc2nc(-c3ccc4ccccc4c3)cs2)cc1. The van der Waals surface area contributed by atoms with Gasteiger partial charge in [-0.05, 0) is 57.9 Å². The molecule has 0 fully saturated rings. The van der Waals surface area contributed by atoms with Crippen molar-refractivity contribution in [2.75, 3.05) is 10.6 Å². The molecule has 2 amide bonds. The lowest BCUT2D eigenvalue weighted by molar-refractivity contribution is 0.101. The van der Waals surface area contributed by atoms with E-state index in [9.17, 15) is 9.59 Å². The average molecular weight is 583 g/mol. The molecular formula is C34H22N4O2S2. The molecule has 42 heavy (non-hydrogen) atoms. The molecule has 5 aromatic carbocycles. The van der Waals surface area contributed by atoms with Gasteiger partial charge in [0.1, 0.15) is 0 Å². The van der Waals surface area contributed by atoms with Crippen LogP contribution in [-0.2, 0) is 0 Å². The molecule has 8 heteroatoms. The summed E-state index contributed by atoms with van der Waals surface area (Å²) in [5.74, 6) is -0.581. The molecule has 0 atom stereocenters. The first-order valence-electron chi connectivity index (χ1n) is 13.2. The average Bonchev–Trinajstić information content (AvgIpc) is 3.70. The van der Waals surface area contributed by atoms with Gasteiger partial charge in [-0.15, -0.1) is 22.7 Å². The Morgan fingerprint density at radius 3 is 1.33 bits per heavy atom. The van der Waals surface area contributed by atoms with Crippen LogP contribution in [0.1, 0.15) is 20.7 Å². The predicted octanol–water partition coefficient (Wildman–Crippen LogP) is 8.74. The lowest BCUT2D eigenvalue weighted by Crippen LogP contribution is -2.14. The zero-order valence-electron chi connectivity index (χ0n) is 22.1. The molecule has 0 spiro atoms. The number of carbonyl (C=O) groups excluding carboxylic acids is 2. The Labute approximate surface area is 249 Å². The lowest BCUT2D eigenvalue weighted by Gasteiger charge is -2.05. The summed E-state index contributed by atoms with van der Waals surface area (Å²) < 4.78 is 0. The van der Waals surface area contributed by atoms with E-state index in [1.54, 1.807) is 24.3 Å². The van der Waals surface area contributed by atoms with Crippen molar-refractivity contribution in [1.29, 1.82) is 0 Å². The highest BCUT2D eigenvalue weighted by atomic mass is 32.1. The number of hydrogen-bond acceptors (Lipinski definition) is 6. The number of hydrogen-bond donors (Lipinski definition) is 2. The molecule has 2 N–H and O–H groups in total. The van der Waals surface area contributed by atoms with E-state index in [1.807, 2.05) is 47.2 Å². The summed E-state index contributed by atoms with van der Waals surface area (Å²) in [4.78, 5) is 34.9. The number of aromatic nitrogens is 2. The molecule has 0 unspecified atom stereocenters. The van der Waals surface area contributed by atoms with Gasteiger partial charge in [0.05, 0.1) is 11.4 Å². The minimum Gasteiger partial charge on any atom is -0.298 e. The van der Waals surface area contributed by atoms with Crippen molar-refractivity contribution >= 4 is 66.3 Å². The molecule has 7 rings (SSSR count). The number of rotatable bonds is 6. The van der Waals surface area contributed by atoms with Crippen molar-refractivity contribution in [2.24, 2.45) is 0 Å². The summed E-state index contributed by atoms with van der Waals surface area (Å²) >= 11 is 2.74. The fourth-order valence-corrected chi connectivity index (χ4v) is 6.17. The third kappa shape index (κ3) is 5.28. The Kier molecular flexibility index (Phi) is 6.75. The standard InChI is InChI=1S/C34H22N4O2S2/c39-31(37-33-35-29(19-41-33)27-15-9-21-5-1-3-7-25(21)17-27)23-11-13-24(14-12-23)32(40)38-34-36-30(20-42-34)28-16-10-22-6-2-4-8-26(22)18-28/h1-20H,(H,35,37,39)(H,36,38,40). The third-order valence-electron chi connectivity index (χ3n) is 6.95. The van der Waals surface area contributed by atoms with Crippen LogP contribution >= 0.6 is 22.7 Å². The van der Waals surface area contributed by atoms with Gasteiger partial charge in [-0.2, -0.15) is 0 Å². The van der Waals surface area contributed by atoms with Crippen molar-refractivity contribution in [3.63, 3.8) is 0 Å². The van der Waals surface area contributed by atoms with Crippen LogP contribution in [-0.4, -0.2) is 21.8 Å². The van der Waals surface area contributed by atoms with Crippen molar-refractivity contribution < 1.29 is 9.59 Å². The smallest absolute Gasteiger partial charge is 0.257 e. The van der Waals surface area contributed by atoms with Crippen LogP contribution in [0.25, 0.3) is 44.1 Å². The third-order valence-corrected chi connectivity index (χ3v) is 8.46. The Hall–Kier alpha value is -5.18. The Morgan fingerprint density at radius 1 is 0.500 bits per heavy atom. The molecule has 0 saturated heterocycles. The summed E-state index contributed by atoms with van der Waals surface area (Å²) in [6.45, 7) is 0. The van der Waals surface area contributed by atoms with E-state index in [1.165, 1.54) is 33.4 Å². The van der Waals surface area contributed by atoms with Crippen LogP contribution in [0.3, 0.4) is 0 Å². The molecule has 0 bridgehead atoms. The predicted molar refractivity (Wildman–Crippen MR) is 172 cm³/mol. The van der Waals surface area contributed by atoms with Crippen LogP contribution in [0.2, 0.25) is 0 Å². The summed E-state index contributed by atoms with van der Waals surface area (Å²) in [6, 6.07) is 35.2. The zero-order chi connectivity index (χ0) is 28.5. The molecule has 7 aromatic rings. The molecule has 0 radical (unpaired) electrons. The highest BCUT2D eigenvalue weighted by Crippen LogP contribution is 2.29. The first kappa shape index (κ1) is 25.8. The number of anilines is 2. The lowest BCUT2D eigenvalue weighted by atomic mass is 10.1. The second-order valence-corrected chi connectivity index (χ2v) is 11.4. The first-order valence-corrected chi connectivity index (χ1v) is 15.0. The first-order chi connectivity index (χ1) is 20.6. The monoisotopic (exact) mass is 582 g/mol. The fourth-order valence-electron chi connectivity index (χ4n) is 4.74. The second kappa shape index (κ2) is 11.0. The van der Waals surface area contributed by atoms with Gasteiger partial charge in [0.15, 0.2) is 10.3 Å². The number of fused-ring (bicyclic) bond motifs is 2. The highest BCUT2D eigenvalue weighted by molar-refractivity contribution is 7.14. The van der Waals surface area contributed by atoms with Crippen LogP contribution in [0.15, 0.2) is 120 Å². The normalized spacial score (nSPS) is 11.0. The van der Waals surface area contributed by atoms with Gasteiger partial charge in [0.2, 0.25) is 0 Å². The van der Waals surface area contributed by atoms with E-state index in [0.29, 0.717) is 21.4 Å². The Balaban J connectivity index is 0.994. The molecule has 2 aromatic heterocycles. The number of carbonyl (C=O) groups is 2. The van der Waals surface area contributed by atoms with E-state index in [2.05, 4.69) is 69.1 Å². The zero-order valence-corrected chi connectivity index (χ0v) is 23.7. The molecule has 0 aliphatic heterocycles. The van der Waals surface area contributed by atoms with Gasteiger partial charge in [-0.1, -0.05) is 72.8 Å². The molecule has 202 valence electrons. The largest absolute Gasteiger partial charge is 0.298 e. The maximum Gasteiger partial charge on any atom is 0.257 e.